The van der Waals surface area contributed by atoms with Crippen LogP contribution in [0.15, 0.2) is 54.9 Å². The highest BCUT2D eigenvalue weighted by molar-refractivity contribution is 5.93. The van der Waals surface area contributed by atoms with Crippen molar-refractivity contribution in [3.8, 4) is 0 Å². The van der Waals surface area contributed by atoms with E-state index >= 15 is 0 Å². The number of ether oxygens (including phenoxy) is 1. The van der Waals surface area contributed by atoms with Gasteiger partial charge in [-0.05, 0) is 77.3 Å². The lowest BCUT2D eigenvalue weighted by atomic mass is 9.99. The van der Waals surface area contributed by atoms with Crippen LogP contribution in [-0.2, 0) is 33.5 Å². The van der Waals surface area contributed by atoms with Crippen molar-refractivity contribution in [3.05, 3.63) is 60.4 Å². The Morgan fingerprint density at radius 1 is 0.911 bits per heavy atom. The fourth-order valence-electron chi connectivity index (χ4n) is 6.66. The van der Waals surface area contributed by atoms with Crippen LogP contribution in [0, 0.1) is 12.8 Å². The van der Waals surface area contributed by atoms with Crippen molar-refractivity contribution in [1.29, 1.82) is 0 Å². The van der Waals surface area contributed by atoms with Crippen molar-refractivity contribution < 1.29 is 38.3 Å². The third kappa shape index (κ3) is 14.6. The predicted molar refractivity (Wildman–Crippen MR) is 210 cm³/mol. The molecule has 1 aromatic heterocycles. The minimum absolute atomic E-state index is 0.00954. The lowest BCUT2D eigenvalue weighted by molar-refractivity contribution is -0.153. The molecular weight excluding hydrogens is 720 g/mol. The zero-order chi connectivity index (χ0) is 41.0. The van der Waals surface area contributed by atoms with Crippen molar-refractivity contribution >= 4 is 47.7 Å². The molecule has 4 N–H and O–H groups in total. The summed E-state index contributed by atoms with van der Waals surface area (Å²) in [5.41, 5.74) is 1.95. The van der Waals surface area contributed by atoms with E-state index in [4.69, 9.17) is 4.74 Å². The van der Waals surface area contributed by atoms with Crippen molar-refractivity contribution in [2.75, 3.05) is 45.2 Å². The number of pyridine rings is 1. The molecule has 0 aliphatic carbocycles. The number of rotatable bonds is 11. The van der Waals surface area contributed by atoms with Crippen molar-refractivity contribution in [1.82, 2.24) is 35.6 Å². The number of aromatic nitrogens is 1. The van der Waals surface area contributed by atoms with E-state index in [1.807, 2.05) is 39.0 Å². The molecule has 0 bridgehead atoms. The van der Waals surface area contributed by atoms with Gasteiger partial charge in [0.2, 0.25) is 30.0 Å². The number of nitrogens with zero attached hydrogens (tertiary/aromatic N) is 4. The van der Waals surface area contributed by atoms with Gasteiger partial charge in [0, 0.05) is 50.8 Å². The molecule has 4 heterocycles. The first kappa shape index (κ1) is 44.9. The highest BCUT2D eigenvalue weighted by Crippen LogP contribution is 2.26. The fraction of sp³-hybridized carbons (Fsp3) is 0.550. The summed E-state index contributed by atoms with van der Waals surface area (Å²) < 4.78 is 5.30. The molecule has 56 heavy (non-hydrogen) atoms. The minimum atomic E-state index is -0.600. The molecule has 4 atom stereocenters. The second-order valence-corrected chi connectivity index (χ2v) is 14.4. The Labute approximate surface area is 329 Å². The molecule has 16 nitrogen and oxygen atoms in total. The predicted octanol–water partition coefficient (Wildman–Crippen LogP) is 2.63. The van der Waals surface area contributed by atoms with Crippen LogP contribution in [0.1, 0.15) is 71.3 Å². The second kappa shape index (κ2) is 23.4. The standard InChI is InChI=1S/C24H38N4O6.C9H12N4O2.C7H8/c1-16(2)25-22(31)18-7-4-5-10-28(18)23(32)19-8-6-11-27(19)21(30)9-12-34-24(33)20-13-17(3)14-26(20)15-29;1-10-8(14)6-12-9(15)13-7-2-4-11-5-3-7;1-7-5-3-2-4-6-7/h15-20H,4-14H2,1-3H3,(H,25,31);2-5H,6H2,1H3,(H,10,14)(H2,11,12,13,15);2-6H,1H3. The largest absolute Gasteiger partial charge is 0.464 e. The van der Waals surface area contributed by atoms with Crippen LogP contribution in [0.3, 0.4) is 0 Å². The van der Waals surface area contributed by atoms with Crippen LogP contribution >= 0.6 is 0 Å². The summed E-state index contributed by atoms with van der Waals surface area (Å²) >= 11 is 0. The number of amides is 7. The molecule has 1 aromatic carbocycles. The van der Waals surface area contributed by atoms with Crippen molar-refractivity contribution in [2.45, 2.75) is 96.8 Å². The first-order valence-electron chi connectivity index (χ1n) is 19.3. The van der Waals surface area contributed by atoms with Crippen LogP contribution in [-0.4, -0.2) is 126 Å². The van der Waals surface area contributed by atoms with Gasteiger partial charge < -0.3 is 40.7 Å². The van der Waals surface area contributed by atoms with E-state index < -0.39 is 30.1 Å². The Morgan fingerprint density at radius 3 is 2.21 bits per heavy atom. The molecule has 3 fully saturated rings. The van der Waals surface area contributed by atoms with Crippen LogP contribution in [0.4, 0.5) is 10.5 Å². The van der Waals surface area contributed by atoms with E-state index in [9.17, 15) is 33.6 Å². The number of hydrogen-bond donors (Lipinski definition) is 4. The SMILES string of the molecule is CC1CC(C(=O)OCCC(=O)N2CCCC2C(=O)N2CCCCC2C(=O)NC(C)C)N(C=O)C1.CNC(=O)CNC(=O)Nc1ccncc1.Cc1ccccc1. The summed E-state index contributed by atoms with van der Waals surface area (Å²) in [6.45, 7) is 9.20. The number of aryl methyl sites for hydroxylation is 1. The summed E-state index contributed by atoms with van der Waals surface area (Å²) in [6.07, 6.45) is 7.95. The zero-order valence-corrected chi connectivity index (χ0v) is 33.2. The quantitative estimate of drug-likeness (QED) is 0.196. The summed E-state index contributed by atoms with van der Waals surface area (Å²) in [5.74, 6) is -1.08. The van der Waals surface area contributed by atoms with Crippen molar-refractivity contribution in [2.24, 2.45) is 5.92 Å². The lowest BCUT2D eigenvalue weighted by Crippen LogP contribution is -2.57. The second-order valence-electron chi connectivity index (χ2n) is 14.4. The number of likely N-dealkylation sites (tertiary alicyclic amines) is 3. The van der Waals surface area contributed by atoms with Gasteiger partial charge >= 0.3 is 12.0 Å². The number of esters is 1. The van der Waals surface area contributed by atoms with E-state index in [-0.39, 0.29) is 55.2 Å². The molecule has 16 heteroatoms. The van der Waals surface area contributed by atoms with Gasteiger partial charge in [0.1, 0.15) is 24.7 Å². The fourth-order valence-corrected chi connectivity index (χ4v) is 6.66. The minimum Gasteiger partial charge on any atom is -0.464 e. The van der Waals surface area contributed by atoms with E-state index in [1.54, 1.807) is 34.3 Å². The highest BCUT2D eigenvalue weighted by Gasteiger charge is 2.41. The maximum Gasteiger partial charge on any atom is 0.328 e. The number of anilines is 1. The summed E-state index contributed by atoms with van der Waals surface area (Å²) in [6, 6.07) is 11.4. The van der Waals surface area contributed by atoms with E-state index in [0.29, 0.717) is 57.4 Å². The van der Waals surface area contributed by atoms with Gasteiger partial charge in [-0.15, -0.1) is 0 Å². The van der Waals surface area contributed by atoms with Gasteiger partial charge in [0.15, 0.2) is 0 Å². The maximum atomic E-state index is 13.4. The van der Waals surface area contributed by atoms with E-state index in [0.717, 1.165) is 12.8 Å². The number of hydrogen-bond acceptors (Lipinski definition) is 9. The lowest BCUT2D eigenvalue weighted by Gasteiger charge is -2.38. The Balaban J connectivity index is 0.000000311. The van der Waals surface area contributed by atoms with Crippen molar-refractivity contribution in [3.63, 3.8) is 0 Å². The van der Waals surface area contributed by atoms with Gasteiger partial charge in [-0.3, -0.25) is 29.0 Å². The van der Waals surface area contributed by atoms with Crippen LogP contribution in [0.25, 0.3) is 0 Å². The molecular formula is C40H58N8O8. The number of benzene rings is 1. The molecule has 5 rings (SSSR count). The van der Waals surface area contributed by atoms with Crippen LogP contribution in [0.2, 0.25) is 0 Å². The number of carbonyl (C=O) groups excluding carboxylic acids is 7. The first-order chi connectivity index (χ1) is 26.8. The number of piperidine rings is 1. The Hall–Kier alpha value is -5.54. The number of carbonyl (C=O) groups is 7. The molecule has 306 valence electrons. The average molecular weight is 779 g/mol. The summed E-state index contributed by atoms with van der Waals surface area (Å²) in [7, 11) is 1.50. The molecule has 3 saturated heterocycles. The number of urea groups is 1. The summed E-state index contributed by atoms with van der Waals surface area (Å²) in [4.78, 5) is 93.0. The monoisotopic (exact) mass is 778 g/mol. The first-order valence-corrected chi connectivity index (χ1v) is 19.3. The molecule has 7 amide bonds. The maximum absolute atomic E-state index is 13.4. The Morgan fingerprint density at radius 2 is 1.59 bits per heavy atom. The van der Waals surface area contributed by atoms with Gasteiger partial charge in [-0.2, -0.15) is 0 Å². The smallest absolute Gasteiger partial charge is 0.328 e. The normalized spacial score (nSPS) is 20.0. The topological polar surface area (TPSA) is 199 Å². The Kier molecular flexibility index (Phi) is 18.7. The molecule has 2 aromatic rings. The number of likely N-dealkylation sites (N-methyl/N-ethyl adjacent to an activating group) is 1. The van der Waals surface area contributed by atoms with E-state index in [2.05, 4.69) is 45.3 Å². The van der Waals surface area contributed by atoms with Gasteiger partial charge in [-0.1, -0.05) is 42.8 Å². The van der Waals surface area contributed by atoms with Crippen LogP contribution < -0.4 is 21.3 Å². The molecule has 3 aliphatic rings. The van der Waals surface area contributed by atoms with E-state index in [1.165, 1.54) is 17.5 Å². The molecule has 0 radical (unpaired) electrons. The van der Waals surface area contributed by atoms with Gasteiger partial charge in [-0.25, -0.2) is 9.59 Å². The van der Waals surface area contributed by atoms with Gasteiger partial charge in [0.05, 0.1) is 13.0 Å². The molecule has 0 spiro atoms. The van der Waals surface area contributed by atoms with Crippen LogP contribution in [0.5, 0.6) is 0 Å². The number of nitrogens with one attached hydrogen (secondary N) is 4. The third-order valence-electron chi connectivity index (χ3n) is 9.46. The molecule has 3 aliphatic heterocycles. The summed E-state index contributed by atoms with van der Waals surface area (Å²) in [5, 5.41) is 10.2. The molecule has 0 saturated carbocycles. The highest BCUT2D eigenvalue weighted by atomic mass is 16.5. The third-order valence-corrected chi connectivity index (χ3v) is 9.46. The van der Waals surface area contributed by atoms with Gasteiger partial charge in [0.25, 0.3) is 0 Å². The Bertz CT molecular complexity index is 1600. The zero-order valence-electron chi connectivity index (χ0n) is 33.2. The average Bonchev–Trinajstić information content (AvgIpc) is 3.84. The molecule has 4 unspecified atom stereocenters.